The van der Waals surface area contributed by atoms with Gasteiger partial charge in [0.15, 0.2) is 0 Å². The maximum atomic E-state index is 13.1. The van der Waals surface area contributed by atoms with Crippen molar-refractivity contribution in [3.05, 3.63) is 58.3 Å². The summed E-state index contributed by atoms with van der Waals surface area (Å²) in [6, 6.07) is 12.9. The zero-order valence-electron chi connectivity index (χ0n) is 14.3. The van der Waals surface area contributed by atoms with Crippen molar-refractivity contribution in [2.75, 3.05) is 12.4 Å². The lowest BCUT2D eigenvalue weighted by Crippen LogP contribution is -2.43. The van der Waals surface area contributed by atoms with Crippen LogP contribution in [0.4, 0.5) is 0 Å². The molecule has 0 bridgehead atoms. The van der Waals surface area contributed by atoms with Gasteiger partial charge in [-0.3, -0.25) is 4.79 Å². The molecule has 4 nitrogen and oxygen atoms in total. The molecule has 0 spiro atoms. The average molecular weight is 376 g/mol. The second kappa shape index (κ2) is 8.06. The van der Waals surface area contributed by atoms with Crippen LogP contribution in [0, 0.1) is 5.92 Å². The number of hydrogen-bond acceptors (Lipinski definition) is 5. The average Bonchev–Trinajstić information content (AvgIpc) is 3.29. The Morgan fingerprint density at radius 1 is 1.20 bits per heavy atom. The summed E-state index contributed by atoms with van der Waals surface area (Å²) in [6.45, 7) is 4.37. The van der Waals surface area contributed by atoms with Gasteiger partial charge in [0.05, 0.1) is 11.5 Å². The minimum Gasteiger partial charge on any atom is -0.464 e. The zero-order valence-corrected chi connectivity index (χ0v) is 15.9. The summed E-state index contributed by atoms with van der Waals surface area (Å²) in [5.41, 5.74) is 1.02. The summed E-state index contributed by atoms with van der Waals surface area (Å²) >= 11 is 3.00. The summed E-state index contributed by atoms with van der Waals surface area (Å²) in [6.07, 6.45) is 0. The third-order valence-corrected chi connectivity index (χ3v) is 6.06. The summed E-state index contributed by atoms with van der Waals surface area (Å²) in [5.74, 6) is 0.391. The van der Waals surface area contributed by atoms with Crippen LogP contribution in [0.25, 0.3) is 0 Å². The van der Waals surface area contributed by atoms with Crippen LogP contribution in [0.15, 0.2) is 47.8 Å². The lowest BCUT2D eigenvalue weighted by Gasteiger charge is -2.28. The third kappa shape index (κ3) is 4.07. The van der Waals surface area contributed by atoms with Gasteiger partial charge in [0.25, 0.3) is 5.91 Å². The SMILES string of the molecule is CC(C)COC(=O)[C@H]1CS[C@@H](c2ccccc2)N1C(=O)c1cccs1. The van der Waals surface area contributed by atoms with Crippen LogP contribution >= 0.6 is 23.1 Å². The van der Waals surface area contributed by atoms with Gasteiger partial charge in [-0.05, 0) is 22.9 Å². The molecule has 0 aliphatic carbocycles. The van der Waals surface area contributed by atoms with Crippen LogP contribution in [0.5, 0.6) is 0 Å². The number of amides is 1. The van der Waals surface area contributed by atoms with E-state index in [4.69, 9.17) is 4.74 Å². The largest absolute Gasteiger partial charge is 0.464 e. The standard InChI is InChI=1S/C19H21NO3S2/c1-13(2)11-23-19(22)15-12-25-18(14-7-4-3-5-8-14)20(15)17(21)16-9-6-10-24-16/h3-10,13,15,18H,11-12H2,1-2H3/t15-,18+/m1/s1. The molecule has 2 aromatic rings. The number of carbonyl (C=O) groups excluding carboxylic acids is 2. The smallest absolute Gasteiger partial charge is 0.329 e. The molecule has 1 saturated heterocycles. The topological polar surface area (TPSA) is 46.6 Å². The molecule has 0 saturated carbocycles. The molecule has 6 heteroatoms. The number of esters is 1. The Morgan fingerprint density at radius 3 is 2.60 bits per heavy atom. The highest BCUT2D eigenvalue weighted by atomic mass is 32.2. The van der Waals surface area contributed by atoms with E-state index >= 15 is 0 Å². The molecule has 1 aromatic heterocycles. The van der Waals surface area contributed by atoms with Crippen LogP contribution in [0.2, 0.25) is 0 Å². The van der Waals surface area contributed by atoms with E-state index in [-0.39, 0.29) is 23.2 Å². The van der Waals surface area contributed by atoms with E-state index in [1.54, 1.807) is 22.7 Å². The van der Waals surface area contributed by atoms with Crippen molar-refractivity contribution in [2.45, 2.75) is 25.3 Å². The van der Waals surface area contributed by atoms with Crippen molar-refractivity contribution in [1.29, 1.82) is 0 Å². The second-order valence-corrected chi connectivity index (χ2v) is 8.39. The van der Waals surface area contributed by atoms with Crippen LogP contribution in [-0.2, 0) is 9.53 Å². The molecule has 0 radical (unpaired) electrons. The van der Waals surface area contributed by atoms with Crippen molar-refractivity contribution in [2.24, 2.45) is 5.92 Å². The van der Waals surface area contributed by atoms with E-state index in [2.05, 4.69) is 0 Å². The van der Waals surface area contributed by atoms with Gasteiger partial charge in [0.2, 0.25) is 0 Å². The number of benzene rings is 1. The number of nitrogens with zero attached hydrogens (tertiary/aromatic N) is 1. The number of rotatable bonds is 5. The van der Waals surface area contributed by atoms with Gasteiger partial charge in [0, 0.05) is 5.75 Å². The second-order valence-electron chi connectivity index (χ2n) is 6.33. The van der Waals surface area contributed by atoms with Crippen LogP contribution < -0.4 is 0 Å². The monoisotopic (exact) mass is 375 g/mol. The molecule has 132 valence electrons. The van der Waals surface area contributed by atoms with Crippen molar-refractivity contribution in [3.8, 4) is 0 Å². The Balaban J connectivity index is 1.87. The third-order valence-electron chi connectivity index (χ3n) is 3.88. The lowest BCUT2D eigenvalue weighted by molar-refractivity contribution is -0.149. The van der Waals surface area contributed by atoms with Gasteiger partial charge in [-0.15, -0.1) is 23.1 Å². The van der Waals surface area contributed by atoms with Gasteiger partial charge >= 0.3 is 5.97 Å². The van der Waals surface area contributed by atoms with Gasteiger partial charge in [-0.2, -0.15) is 0 Å². The minimum absolute atomic E-state index is 0.111. The molecular formula is C19H21NO3S2. The normalized spacial score (nSPS) is 20.0. The van der Waals surface area contributed by atoms with E-state index in [9.17, 15) is 9.59 Å². The van der Waals surface area contributed by atoms with Crippen molar-refractivity contribution >= 4 is 35.0 Å². The Hall–Kier alpha value is -1.79. The van der Waals surface area contributed by atoms with E-state index < -0.39 is 6.04 Å². The summed E-state index contributed by atoms with van der Waals surface area (Å²) in [4.78, 5) is 28.0. The van der Waals surface area contributed by atoms with E-state index in [0.717, 1.165) is 5.56 Å². The van der Waals surface area contributed by atoms with E-state index in [1.165, 1.54) is 11.3 Å². The number of thioether (sulfide) groups is 1. The summed E-state index contributed by atoms with van der Waals surface area (Å²) in [7, 11) is 0. The van der Waals surface area contributed by atoms with Crippen molar-refractivity contribution in [1.82, 2.24) is 4.90 Å². The molecule has 1 aliphatic rings. The predicted octanol–water partition coefficient (Wildman–Crippen LogP) is 4.20. The first-order valence-electron chi connectivity index (χ1n) is 8.27. The molecule has 3 rings (SSSR count). The maximum absolute atomic E-state index is 13.1. The summed E-state index contributed by atoms with van der Waals surface area (Å²) in [5, 5.41) is 1.70. The minimum atomic E-state index is -0.552. The molecule has 2 atom stereocenters. The molecule has 1 aliphatic heterocycles. The molecule has 1 aromatic carbocycles. The highest BCUT2D eigenvalue weighted by Crippen LogP contribution is 2.42. The highest BCUT2D eigenvalue weighted by molar-refractivity contribution is 7.99. The fourth-order valence-electron chi connectivity index (χ4n) is 2.68. The highest BCUT2D eigenvalue weighted by Gasteiger charge is 2.43. The van der Waals surface area contributed by atoms with Crippen LogP contribution in [0.1, 0.15) is 34.5 Å². The first kappa shape index (κ1) is 18.0. The van der Waals surface area contributed by atoms with Crippen molar-refractivity contribution < 1.29 is 14.3 Å². The molecule has 1 fully saturated rings. The van der Waals surface area contributed by atoms with Crippen LogP contribution in [-0.4, -0.2) is 35.2 Å². The molecule has 2 heterocycles. The van der Waals surface area contributed by atoms with E-state index in [0.29, 0.717) is 17.2 Å². The first-order chi connectivity index (χ1) is 12.1. The van der Waals surface area contributed by atoms with Gasteiger partial charge < -0.3 is 9.64 Å². The fourth-order valence-corrected chi connectivity index (χ4v) is 4.76. The fraction of sp³-hybridized carbons (Fsp3) is 0.368. The molecule has 1 amide bonds. The van der Waals surface area contributed by atoms with Crippen molar-refractivity contribution in [3.63, 3.8) is 0 Å². The quantitative estimate of drug-likeness (QED) is 0.735. The molecule has 0 unspecified atom stereocenters. The zero-order chi connectivity index (χ0) is 17.8. The van der Waals surface area contributed by atoms with Crippen LogP contribution in [0.3, 0.4) is 0 Å². The number of carbonyl (C=O) groups is 2. The Kier molecular flexibility index (Phi) is 5.81. The molecule has 25 heavy (non-hydrogen) atoms. The van der Waals surface area contributed by atoms with Gasteiger partial charge in [-0.25, -0.2) is 4.79 Å². The maximum Gasteiger partial charge on any atom is 0.329 e. The van der Waals surface area contributed by atoms with Gasteiger partial charge in [0.1, 0.15) is 11.4 Å². The Bertz CT molecular complexity index is 716. The van der Waals surface area contributed by atoms with Gasteiger partial charge in [-0.1, -0.05) is 50.2 Å². The summed E-state index contributed by atoms with van der Waals surface area (Å²) < 4.78 is 5.43. The first-order valence-corrected chi connectivity index (χ1v) is 10.2. The lowest BCUT2D eigenvalue weighted by atomic mass is 10.1. The number of thiophene rings is 1. The number of hydrogen-bond donors (Lipinski definition) is 0. The predicted molar refractivity (Wildman–Crippen MR) is 102 cm³/mol. The number of ether oxygens (including phenoxy) is 1. The Labute approximate surface area is 156 Å². The Morgan fingerprint density at radius 2 is 1.96 bits per heavy atom. The molecular weight excluding hydrogens is 354 g/mol. The van der Waals surface area contributed by atoms with E-state index in [1.807, 2.05) is 55.6 Å². The molecule has 0 N–H and O–H groups in total.